The molecule has 0 saturated carbocycles. The molecule has 2 heterocycles. The summed E-state index contributed by atoms with van der Waals surface area (Å²) >= 11 is 0. The first-order chi connectivity index (χ1) is 22.8. The van der Waals surface area contributed by atoms with E-state index in [1.807, 2.05) is 54.6 Å². The Morgan fingerprint density at radius 2 is 1.51 bits per heavy atom. The normalized spacial score (nSPS) is 14.9. The minimum Gasteiger partial charge on any atom is -0.502 e. The SMILES string of the molecule is COC(=O)C[C@@H](c1ccccc1)c1oc(CN2CCc3cc(OC)c(OC)cc3[C@H]2c2cc(OC)c(OC)c(OC)c2)cc(=O)c1O. The van der Waals surface area contributed by atoms with Crippen LogP contribution in [0, 0.1) is 0 Å². The van der Waals surface area contributed by atoms with E-state index in [1.54, 1.807) is 35.5 Å². The molecule has 0 fully saturated rings. The molecule has 0 unspecified atom stereocenters. The lowest BCUT2D eigenvalue weighted by atomic mass is 9.87. The molecule has 0 saturated heterocycles. The lowest BCUT2D eigenvalue weighted by Crippen LogP contribution is -2.36. The summed E-state index contributed by atoms with van der Waals surface area (Å²) in [5.74, 6) is 1.13. The van der Waals surface area contributed by atoms with E-state index < -0.39 is 23.1 Å². The number of esters is 1. The summed E-state index contributed by atoms with van der Waals surface area (Å²) < 4.78 is 39.5. The van der Waals surface area contributed by atoms with Crippen LogP contribution in [0.3, 0.4) is 0 Å². The monoisotopic (exact) mass is 645 g/mol. The summed E-state index contributed by atoms with van der Waals surface area (Å²) in [6.45, 7) is 0.769. The largest absolute Gasteiger partial charge is 0.502 e. The van der Waals surface area contributed by atoms with Gasteiger partial charge in [-0.3, -0.25) is 14.5 Å². The molecule has 47 heavy (non-hydrogen) atoms. The van der Waals surface area contributed by atoms with Gasteiger partial charge in [0.2, 0.25) is 16.9 Å². The van der Waals surface area contributed by atoms with Crippen molar-refractivity contribution in [2.75, 3.05) is 49.2 Å². The van der Waals surface area contributed by atoms with Crippen LogP contribution in [-0.2, 0) is 22.5 Å². The molecule has 0 aliphatic carbocycles. The molecule has 1 aliphatic rings. The number of carbonyl (C=O) groups is 1. The fraction of sp³-hybridized carbons (Fsp3) is 0.333. The molecule has 1 aromatic heterocycles. The van der Waals surface area contributed by atoms with Gasteiger partial charge in [-0.05, 0) is 52.9 Å². The van der Waals surface area contributed by atoms with Gasteiger partial charge in [0.15, 0.2) is 28.8 Å². The first-order valence-electron chi connectivity index (χ1n) is 15.0. The van der Waals surface area contributed by atoms with E-state index in [1.165, 1.54) is 13.2 Å². The second-order valence-corrected chi connectivity index (χ2v) is 11.0. The van der Waals surface area contributed by atoms with Crippen LogP contribution in [0.15, 0.2) is 69.9 Å². The van der Waals surface area contributed by atoms with Crippen molar-refractivity contribution in [1.82, 2.24) is 4.90 Å². The molecular weight excluding hydrogens is 606 g/mol. The number of aromatic hydroxyl groups is 1. The van der Waals surface area contributed by atoms with Crippen LogP contribution in [0.25, 0.3) is 0 Å². The molecular formula is C36H39NO10. The van der Waals surface area contributed by atoms with Crippen LogP contribution in [0.5, 0.6) is 34.5 Å². The number of carbonyl (C=O) groups excluding carboxylic acids is 1. The van der Waals surface area contributed by atoms with Crippen molar-refractivity contribution in [3.63, 3.8) is 0 Å². The number of nitrogens with zero attached hydrogens (tertiary/aromatic N) is 1. The van der Waals surface area contributed by atoms with Crippen molar-refractivity contribution in [2.45, 2.75) is 31.3 Å². The fourth-order valence-corrected chi connectivity index (χ4v) is 6.18. The maximum Gasteiger partial charge on any atom is 0.306 e. The third-order valence-electron chi connectivity index (χ3n) is 8.45. The van der Waals surface area contributed by atoms with Gasteiger partial charge in [-0.15, -0.1) is 0 Å². The Kier molecular flexibility index (Phi) is 10.3. The Labute approximate surface area is 273 Å². The van der Waals surface area contributed by atoms with E-state index >= 15 is 0 Å². The summed E-state index contributed by atoms with van der Waals surface area (Å²) in [7, 11) is 9.15. The number of benzene rings is 3. The highest BCUT2D eigenvalue weighted by atomic mass is 16.5. The summed E-state index contributed by atoms with van der Waals surface area (Å²) in [5, 5.41) is 10.9. The van der Waals surface area contributed by atoms with Crippen molar-refractivity contribution in [2.24, 2.45) is 0 Å². The summed E-state index contributed by atoms with van der Waals surface area (Å²) in [5.41, 5.74) is 2.93. The molecule has 4 aromatic rings. The van der Waals surface area contributed by atoms with Crippen LogP contribution in [0.2, 0.25) is 0 Å². The smallest absolute Gasteiger partial charge is 0.306 e. The van der Waals surface area contributed by atoms with E-state index in [4.69, 9.17) is 32.8 Å². The molecule has 11 heteroatoms. The molecule has 1 aliphatic heterocycles. The Hall–Kier alpha value is -5.16. The van der Waals surface area contributed by atoms with Gasteiger partial charge in [-0.1, -0.05) is 30.3 Å². The van der Waals surface area contributed by atoms with Crippen LogP contribution in [0.4, 0.5) is 0 Å². The average Bonchev–Trinajstić information content (AvgIpc) is 3.10. The van der Waals surface area contributed by atoms with Crippen LogP contribution >= 0.6 is 0 Å². The molecule has 3 aromatic carbocycles. The zero-order valence-corrected chi connectivity index (χ0v) is 27.3. The highest BCUT2D eigenvalue weighted by Gasteiger charge is 2.34. The van der Waals surface area contributed by atoms with Crippen molar-refractivity contribution < 1.29 is 42.7 Å². The van der Waals surface area contributed by atoms with Crippen LogP contribution in [0.1, 0.15) is 52.2 Å². The predicted molar refractivity (Wildman–Crippen MR) is 173 cm³/mol. The van der Waals surface area contributed by atoms with Crippen molar-refractivity contribution in [3.05, 3.63) is 105 Å². The summed E-state index contributed by atoms with van der Waals surface area (Å²) in [4.78, 5) is 27.8. The molecule has 248 valence electrons. The maximum absolute atomic E-state index is 13.2. The van der Waals surface area contributed by atoms with E-state index in [9.17, 15) is 14.7 Å². The van der Waals surface area contributed by atoms with Crippen molar-refractivity contribution in [1.29, 1.82) is 0 Å². The number of fused-ring (bicyclic) bond motifs is 1. The second kappa shape index (κ2) is 14.5. The number of methoxy groups -OCH3 is 6. The van der Waals surface area contributed by atoms with Gasteiger partial charge in [-0.25, -0.2) is 0 Å². The summed E-state index contributed by atoms with van der Waals surface area (Å²) in [6.07, 6.45) is 0.536. The summed E-state index contributed by atoms with van der Waals surface area (Å²) in [6, 6.07) is 17.7. The highest BCUT2D eigenvalue weighted by molar-refractivity contribution is 5.71. The minimum atomic E-state index is -0.749. The minimum absolute atomic E-state index is 0.00255. The van der Waals surface area contributed by atoms with Gasteiger partial charge in [-0.2, -0.15) is 0 Å². The first-order valence-corrected chi connectivity index (χ1v) is 15.0. The lowest BCUT2D eigenvalue weighted by molar-refractivity contribution is -0.140. The third-order valence-corrected chi connectivity index (χ3v) is 8.45. The van der Waals surface area contributed by atoms with Gasteiger partial charge in [0, 0.05) is 12.6 Å². The van der Waals surface area contributed by atoms with E-state index in [2.05, 4.69) is 4.90 Å². The van der Waals surface area contributed by atoms with Crippen LogP contribution < -0.4 is 29.1 Å². The molecule has 0 radical (unpaired) electrons. The second-order valence-electron chi connectivity index (χ2n) is 11.0. The van der Waals surface area contributed by atoms with E-state index in [0.29, 0.717) is 53.0 Å². The van der Waals surface area contributed by atoms with Gasteiger partial charge >= 0.3 is 5.97 Å². The zero-order chi connectivity index (χ0) is 33.7. The Morgan fingerprint density at radius 3 is 2.11 bits per heavy atom. The number of hydrogen-bond donors (Lipinski definition) is 1. The molecule has 5 rings (SSSR count). The Balaban J connectivity index is 1.65. The van der Waals surface area contributed by atoms with Gasteiger partial charge in [0.25, 0.3) is 0 Å². The van der Waals surface area contributed by atoms with E-state index in [-0.39, 0.29) is 24.8 Å². The maximum atomic E-state index is 13.2. The van der Waals surface area contributed by atoms with Crippen molar-refractivity contribution >= 4 is 5.97 Å². The molecule has 0 spiro atoms. The van der Waals surface area contributed by atoms with Gasteiger partial charge in [0.05, 0.1) is 67.6 Å². The van der Waals surface area contributed by atoms with Gasteiger partial charge < -0.3 is 37.9 Å². The number of ether oxygens (including phenoxy) is 6. The standard InChI is InChI=1S/C36H39NO10/c1-41-28-14-22-12-13-37(33(25(22)18-29(28)42-2)23-15-30(43-3)36(46-6)31(16-23)44-4)20-24-17-27(38)34(40)35(47-24)26(19-32(39)45-5)21-10-8-7-9-11-21/h7-11,14-18,26,33,40H,12-13,19-20H2,1-6H3/t26-,33+/m0/s1. The lowest BCUT2D eigenvalue weighted by Gasteiger charge is -2.38. The number of rotatable bonds is 12. The average molecular weight is 646 g/mol. The predicted octanol–water partition coefficient (Wildman–Crippen LogP) is 5.23. The fourth-order valence-electron chi connectivity index (χ4n) is 6.18. The molecule has 0 bridgehead atoms. The quantitative estimate of drug-likeness (QED) is 0.204. The first kappa shape index (κ1) is 33.2. The molecule has 11 nitrogen and oxygen atoms in total. The van der Waals surface area contributed by atoms with Crippen LogP contribution in [-0.4, -0.2) is 65.2 Å². The highest BCUT2D eigenvalue weighted by Crippen LogP contribution is 2.46. The molecule has 1 N–H and O–H groups in total. The Morgan fingerprint density at radius 1 is 0.872 bits per heavy atom. The Bertz CT molecular complexity index is 1760. The third kappa shape index (κ3) is 6.71. The van der Waals surface area contributed by atoms with Crippen molar-refractivity contribution in [3.8, 4) is 34.5 Å². The zero-order valence-electron chi connectivity index (χ0n) is 27.3. The number of hydrogen-bond acceptors (Lipinski definition) is 11. The van der Waals surface area contributed by atoms with E-state index in [0.717, 1.165) is 16.7 Å². The molecule has 0 amide bonds. The topological polar surface area (TPSA) is 126 Å². The molecule has 2 atom stereocenters. The van der Waals surface area contributed by atoms with Gasteiger partial charge in [0.1, 0.15) is 5.76 Å².